The van der Waals surface area contributed by atoms with Crippen LogP contribution in [0, 0.1) is 0 Å². The van der Waals surface area contributed by atoms with Crippen LogP contribution >= 0.6 is 0 Å². The van der Waals surface area contributed by atoms with Crippen molar-refractivity contribution >= 4 is 94.6 Å². The van der Waals surface area contributed by atoms with Crippen molar-refractivity contribution in [3.8, 4) is 22.5 Å². The summed E-state index contributed by atoms with van der Waals surface area (Å²) in [6.45, 7) is 0. The van der Waals surface area contributed by atoms with Gasteiger partial charge in [0, 0.05) is 66.6 Å². The predicted molar refractivity (Wildman–Crippen MR) is 305 cm³/mol. The highest BCUT2D eigenvalue weighted by Crippen LogP contribution is 2.45. The minimum absolute atomic E-state index is 1.04. The molecule has 0 radical (unpaired) electrons. The fraction of sp³-hybridized carbons (Fsp3) is 0.0294. The third-order valence-corrected chi connectivity index (χ3v) is 14.7. The van der Waals surface area contributed by atoms with E-state index in [2.05, 4.69) is 286 Å². The molecule has 13 aromatic rings. The Morgan fingerprint density at radius 2 is 0.764 bits per heavy atom. The highest BCUT2D eigenvalue weighted by Gasteiger charge is 2.23. The highest BCUT2D eigenvalue weighted by atomic mass is 15.2. The Bertz CT molecular complexity index is 4200. The number of rotatable bonds is 9. The zero-order valence-corrected chi connectivity index (χ0v) is 39.6. The molecule has 72 heavy (non-hydrogen) atoms. The molecule has 1 aliphatic rings. The van der Waals surface area contributed by atoms with Gasteiger partial charge >= 0.3 is 0 Å². The Hall–Kier alpha value is -9.38. The van der Waals surface area contributed by atoms with E-state index >= 15 is 0 Å². The van der Waals surface area contributed by atoms with Crippen LogP contribution in [0.5, 0.6) is 0 Å². The van der Waals surface area contributed by atoms with Gasteiger partial charge in [-0.05, 0) is 144 Å². The summed E-state index contributed by atoms with van der Waals surface area (Å²) in [6, 6.07) is 93.2. The molecule has 0 atom stereocenters. The summed E-state index contributed by atoms with van der Waals surface area (Å²) in [5, 5.41) is 7.32. The summed E-state index contributed by atoms with van der Waals surface area (Å²) < 4.78 is 4.77. The molecule has 14 rings (SSSR count). The minimum atomic E-state index is 1.04. The number of benzene rings is 11. The summed E-state index contributed by atoms with van der Waals surface area (Å²) in [6.07, 6.45) is 6.73. The van der Waals surface area contributed by atoms with Gasteiger partial charge < -0.3 is 18.9 Å². The number of para-hydroxylation sites is 4. The number of aryl methyl sites for hydroxylation is 1. The molecule has 340 valence electrons. The Morgan fingerprint density at radius 3 is 1.35 bits per heavy atom. The normalized spacial score (nSPS) is 12.3. The van der Waals surface area contributed by atoms with Crippen molar-refractivity contribution in [2.24, 2.45) is 0 Å². The molecular weight excluding hydrogens is 873 g/mol. The van der Waals surface area contributed by atoms with Gasteiger partial charge in [-0.1, -0.05) is 158 Å². The van der Waals surface area contributed by atoms with Crippen LogP contribution < -0.4 is 9.80 Å². The van der Waals surface area contributed by atoms with Crippen LogP contribution in [0.25, 0.3) is 83.0 Å². The van der Waals surface area contributed by atoms with Gasteiger partial charge in [-0.25, -0.2) is 0 Å². The van der Waals surface area contributed by atoms with Gasteiger partial charge in [0.1, 0.15) is 0 Å². The van der Waals surface area contributed by atoms with Crippen LogP contribution in [0.4, 0.5) is 34.1 Å². The van der Waals surface area contributed by atoms with Crippen LogP contribution in [0.3, 0.4) is 0 Å². The number of fused-ring (bicyclic) bond motifs is 8. The molecule has 0 N–H and O–H groups in total. The summed E-state index contributed by atoms with van der Waals surface area (Å²) in [5.74, 6) is 0. The molecule has 0 fully saturated rings. The van der Waals surface area contributed by atoms with Crippen molar-refractivity contribution in [3.63, 3.8) is 0 Å². The van der Waals surface area contributed by atoms with E-state index in [1.807, 2.05) is 0 Å². The number of hydrogen-bond acceptors (Lipinski definition) is 2. The van der Waals surface area contributed by atoms with Crippen LogP contribution in [0.2, 0.25) is 0 Å². The van der Waals surface area contributed by atoms with E-state index in [-0.39, 0.29) is 0 Å². The van der Waals surface area contributed by atoms with E-state index in [0.717, 1.165) is 63.8 Å². The van der Waals surface area contributed by atoms with Gasteiger partial charge in [0.15, 0.2) is 0 Å². The van der Waals surface area contributed by atoms with E-state index in [1.165, 1.54) is 71.2 Å². The lowest BCUT2D eigenvalue weighted by Gasteiger charge is -2.29. The van der Waals surface area contributed by atoms with Crippen LogP contribution in [-0.2, 0) is 6.42 Å². The first kappa shape index (κ1) is 41.6. The molecular formula is C68H48N4. The zero-order chi connectivity index (χ0) is 47.5. The quantitative estimate of drug-likeness (QED) is 0.143. The van der Waals surface area contributed by atoms with Gasteiger partial charge in [-0.15, -0.1) is 0 Å². The topological polar surface area (TPSA) is 16.3 Å². The lowest BCUT2D eigenvalue weighted by molar-refractivity contribution is 0.984. The standard InChI is InChI=1S/C68H48N4/c1-3-21-51(22-4-1)71-65-29-13-11-27-59(65)61-45-55(41-43-67(61)71)69(63-31-15-19-49-17-7-9-25-57(49)63)53-37-33-47(34-38-53)48-35-39-54(40-36-48)70(64-32-16-20-50-18-8-10-26-58(50)64)56-42-44-68-62(46-56)60-28-12-14-30-66(60)72(68)52-23-5-2-6-24-52/h1-7,9-17,19-46H,8,18H2. The monoisotopic (exact) mass is 920 g/mol. The van der Waals surface area contributed by atoms with Gasteiger partial charge in [0.05, 0.1) is 33.4 Å². The Kier molecular flexibility index (Phi) is 9.95. The van der Waals surface area contributed by atoms with Crippen molar-refractivity contribution in [2.45, 2.75) is 12.8 Å². The van der Waals surface area contributed by atoms with Crippen molar-refractivity contribution in [1.29, 1.82) is 0 Å². The first-order valence-electron chi connectivity index (χ1n) is 25.0. The number of aromatic nitrogens is 2. The second-order valence-electron chi connectivity index (χ2n) is 18.8. The molecule has 11 aromatic carbocycles. The molecule has 0 unspecified atom stereocenters. The first-order chi connectivity index (χ1) is 35.7. The average Bonchev–Trinajstić information content (AvgIpc) is 3.96. The highest BCUT2D eigenvalue weighted by molar-refractivity contribution is 6.12. The van der Waals surface area contributed by atoms with Gasteiger partial charge in [0.25, 0.3) is 0 Å². The number of hydrogen-bond donors (Lipinski definition) is 0. The molecule has 0 bridgehead atoms. The molecule has 4 heteroatoms. The SMILES string of the molecule is C1=Cc2c(cccc2N(c2ccc(-c3ccc(N(c4ccc5c(c4)c4ccccc4n5-c4ccccc4)c4cccc5ccccc45)cc3)cc2)c2ccc3c(c2)c2ccccc2n3-c2ccccc2)CC1. The predicted octanol–water partition coefficient (Wildman–Crippen LogP) is 18.6. The van der Waals surface area contributed by atoms with Crippen molar-refractivity contribution < 1.29 is 0 Å². The Balaban J connectivity index is 0.866. The second kappa shape index (κ2) is 17.2. The summed E-state index contributed by atoms with van der Waals surface area (Å²) in [4.78, 5) is 4.87. The van der Waals surface area contributed by atoms with E-state index < -0.39 is 0 Å². The lowest BCUT2D eigenvalue weighted by Crippen LogP contribution is -2.13. The number of anilines is 6. The molecule has 0 amide bonds. The van der Waals surface area contributed by atoms with Crippen LogP contribution in [0.15, 0.2) is 261 Å². The van der Waals surface area contributed by atoms with E-state index in [1.54, 1.807) is 0 Å². The van der Waals surface area contributed by atoms with Crippen molar-refractivity contribution in [2.75, 3.05) is 9.80 Å². The van der Waals surface area contributed by atoms with E-state index in [0.29, 0.717) is 0 Å². The molecule has 0 saturated carbocycles. The fourth-order valence-electron chi connectivity index (χ4n) is 11.4. The maximum absolute atomic E-state index is 2.45. The average molecular weight is 921 g/mol. The van der Waals surface area contributed by atoms with Crippen molar-refractivity contribution in [3.05, 3.63) is 272 Å². The number of nitrogens with zero attached hydrogens (tertiary/aromatic N) is 4. The lowest BCUT2D eigenvalue weighted by atomic mass is 9.94. The third kappa shape index (κ3) is 6.91. The molecule has 0 aliphatic heterocycles. The molecule has 2 aromatic heterocycles. The fourth-order valence-corrected chi connectivity index (χ4v) is 11.4. The van der Waals surface area contributed by atoms with Crippen LogP contribution in [-0.4, -0.2) is 9.13 Å². The smallest absolute Gasteiger partial charge is 0.0542 e. The third-order valence-electron chi connectivity index (χ3n) is 14.7. The van der Waals surface area contributed by atoms with Gasteiger partial charge in [-0.3, -0.25) is 0 Å². The zero-order valence-electron chi connectivity index (χ0n) is 39.6. The maximum Gasteiger partial charge on any atom is 0.0542 e. The molecule has 4 nitrogen and oxygen atoms in total. The van der Waals surface area contributed by atoms with E-state index in [4.69, 9.17) is 0 Å². The second-order valence-corrected chi connectivity index (χ2v) is 18.8. The largest absolute Gasteiger partial charge is 0.310 e. The Morgan fingerprint density at radius 1 is 0.319 bits per heavy atom. The van der Waals surface area contributed by atoms with E-state index in [9.17, 15) is 0 Å². The minimum Gasteiger partial charge on any atom is -0.310 e. The summed E-state index contributed by atoms with van der Waals surface area (Å²) in [7, 11) is 0. The first-order valence-corrected chi connectivity index (χ1v) is 25.0. The maximum atomic E-state index is 2.45. The van der Waals surface area contributed by atoms with Crippen LogP contribution in [0.1, 0.15) is 17.5 Å². The Labute approximate surface area is 418 Å². The molecule has 1 aliphatic carbocycles. The molecule has 2 heterocycles. The summed E-state index contributed by atoms with van der Waals surface area (Å²) in [5.41, 5.74) is 18.8. The number of allylic oxidation sites excluding steroid dienone is 1. The summed E-state index contributed by atoms with van der Waals surface area (Å²) >= 11 is 0. The van der Waals surface area contributed by atoms with Gasteiger partial charge in [0.2, 0.25) is 0 Å². The van der Waals surface area contributed by atoms with Gasteiger partial charge in [-0.2, -0.15) is 0 Å². The van der Waals surface area contributed by atoms with Crippen molar-refractivity contribution in [1.82, 2.24) is 9.13 Å². The molecule has 0 saturated heterocycles. The molecule has 0 spiro atoms.